The van der Waals surface area contributed by atoms with Gasteiger partial charge in [0, 0.05) is 31.9 Å². The van der Waals surface area contributed by atoms with Crippen molar-refractivity contribution in [1.29, 1.82) is 0 Å². The molecule has 3 heterocycles. The summed E-state index contributed by atoms with van der Waals surface area (Å²) in [7, 11) is 6.34. The number of aryl methyl sites for hydroxylation is 2. The van der Waals surface area contributed by atoms with Gasteiger partial charge in [-0.1, -0.05) is 0 Å². The van der Waals surface area contributed by atoms with Gasteiger partial charge in [0.2, 0.25) is 0 Å². The van der Waals surface area contributed by atoms with Gasteiger partial charge in [0.15, 0.2) is 0 Å². The maximum Gasteiger partial charge on any atom is 0.118 e. The molecule has 1 aliphatic rings. The second-order valence-electron chi connectivity index (χ2n) is 6.60. The van der Waals surface area contributed by atoms with Gasteiger partial charge in [-0.3, -0.25) is 9.58 Å². The number of likely N-dealkylation sites (tertiary alicyclic amines) is 1. The molecule has 1 aliphatic heterocycles. The smallest absolute Gasteiger partial charge is 0.118 e. The molecule has 0 aromatic carbocycles. The Hall–Kier alpha value is -1.59. The van der Waals surface area contributed by atoms with Gasteiger partial charge in [0.05, 0.1) is 12.7 Å². The molecule has 22 heavy (non-hydrogen) atoms. The summed E-state index contributed by atoms with van der Waals surface area (Å²) in [6.07, 6.45) is 6.36. The summed E-state index contributed by atoms with van der Waals surface area (Å²) >= 11 is 0. The molecule has 0 bridgehead atoms. The largest absolute Gasteiger partial charge is 0.465 e. The monoisotopic (exact) mass is 302 g/mol. The summed E-state index contributed by atoms with van der Waals surface area (Å²) < 4.78 is 7.66. The molecule has 0 amide bonds. The minimum absolute atomic E-state index is 0.504. The molecule has 0 unspecified atom stereocenters. The van der Waals surface area contributed by atoms with Crippen LogP contribution in [0.2, 0.25) is 0 Å². The van der Waals surface area contributed by atoms with Gasteiger partial charge in [-0.25, -0.2) is 0 Å². The number of nitrogens with zero attached hydrogens (tertiary/aromatic N) is 4. The fourth-order valence-corrected chi connectivity index (χ4v) is 3.55. The van der Waals surface area contributed by atoms with Crippen molar-refractivity contribution >= 4 is 0 Å². The second kappa shape index (κ2) is 6.26. The van der Waals surface area contributed by atoms with E-state index in [0.717, 1.165) is 31.0 Å². The van der Waals surface area contributed by atoms with Crippen molar-refractivity contribution in [3.8, 4) is 0 Å². The number of rotatable bonds is 5. The summed E-state index contributed by atoms with van der Waals surface area (Å²) in [5.74, 6) is 2.05. The summed E-state index contributed by atoms with van der Waals surface area (Å²) in [5.41, 5.74) is 1.31. The van der Waals surface area contributed by atoms with Crippen molar-refractivity contribution in [3.05, 3.63) is 41.6 Å². The van der Waals surface area contributed by atoms with Crippen LogP contribution in [-0.2, 0) is 20.0 Å². The van der Waals surface area contributed by atoms with Gasteiger partial charge in [-0.05, 0) is 51.6 Å². The second-order valence-corrected chi connectivity index (χ2v) is 6.60. The molecule has 120 valence electrons. The van der Waals surface area contributed by atoms with Crippen LogP contribution in [0, 0.1) is 6.92 Å². The zero-order valence-corrected chi connectivity index (χ0v) is 14.0. The highest BCUT2D eigenvalue weighted by Crippen LogP contribution is 2.27. The lowest BCUT2D eigenvalue weighted by atomic mass is 10.0. The van der Waals surface area contributed by atoms with E-state index in [0.29, 0.717) is 12.1 Å². The van der Waals surface area contributed by atoms with Crippen molar-refractivity contribution in [2.45, 2.75) is 38.4 Å². The fourth-order valence-electron chi connectivity index (χ4n) is 3.55. The van der Waals surface area contributed by atoms with E-state index in [1.165, 1.54) is 12.0 Å². The SMILES string of the molecule is Cc1ccc(CN2CC[C@@H](N(C)C)[C@@H]2Cc2cnn(C)c2)o1. The van der Waals surface area contributed by atoms with Gasteiger partial charge in [0.1, 0.15) is 11.5 Å². The number of aromatic nitrogens is 2. The Bertz CT molecular complexity index is 616. The van der Waals surface area contributed by atoms with Crippen molar-refractivity contribution in [3.63, 3.8) is 0 Å². The van der Waals surface area contributed by atoms with Crippen LogP contribution < -0.4 is 0 Å². The molecule has 1 saturated heterocycles. The molecule has 5 nitrogen and oxygen atoms in total. The maximum atomic E-state index is 5.77. The van der Waals surface area contributed by atoms with Gasteiger partial charge < -0.3 is 9.32 Å². The fraction of sp³-hybridized carbons (Fsp3) is 0.588. The predicted octanol–water partition coefficient (Wildman–Crippen LogP) is 2.07. The van der Waals surface area contributed by atoms with Gasteiger partial charge in [-0.2, -0.15) is 5.10 Å². The minimum Gasteiger partial charge on any atom is -0.465 e. The minimum atomic E-state index is 0.504. The highest BCUT2D eigenvalue weighted by molar-refractivity contribution is 5.11. The normalized spacial score (nSPS) is 22.8. The summed E-state index contributed by atoms with van der Waals surface area (Å²) in [6, 6.07) is 5.23. The molecule has 2 atom stereocenters. The highest BCUT2D eigenvalue weighted by Gasteiger charge is 2.35. The lowest BCUT2D eigenvalue weighted by Gasteiger charge is -2.31. The maximum absolute atomic E-state index is 5.77. The van der Waals surface area contributed by atoms with Crippen molar-refractivity contribution in [2.24, 2.45) is 7.05 Å². The van der Waals surface area contributed by atoms with E-state index in [-0.39, 0.29) is 0 Å². The Kier molecular flexibility index (Phi) is 4.36. The highest BCUT2D eigenvalue weighted by atomic mass is 16.3. The van der Waals surface area contributed by atoms with E-state index in [1.807, 2.05) is 30.9 Å². The number of hydrogen-bond donors (Lipinski definition) is 0. The molecule has 0 spiro atoms. The molecule has 3 rings (SSSR count). The Labute approximate surface area is 132 Å². The standard InChI is InChI=1S/C17H26N4O/c1-13-5-6-15(22-13)12-21-8-7-16(19(2)3)17(21)9-14-10-18-20(4)11-14/h5-6,10-11,16-17H,7-9,12H2,1-4H3/t16-,17+/m1/s1. The Morgan fingerprint density at radius 3 is 2.77 bits per heavy atom. The molecule has 0 saturated carbocycles. The average Bonchev–Trinajstić information content (AvgIpc) is 3.14. The molecule has 0 aliphatic carbocycles. The summed E-state index contributed by atoms with van der Waals surface area (Å²) in [5, 5.41) is 4.31. The Morgan fingerprint density at radius 2 is 2.18 bits per heavy atom. The Balaban J connectivity index is 1.75. The first-order chi connectivity index (χ1) is 10.5. The summed E-state index contributed by atoms with van der Waals surface area (Å²) in [4.78, 5) is 4.91. The van der Waals surface area contributed by atoms with Crippen LogP contribution in [0.25, 0.3) is 0 Å². The topological polar surface area (TPSA) is 37.4 Å². The van der Waals surface area contributed by atoms with Crippen molar-refractivity contribution < 1.29 is 4.42 Å². The molecule has 5 heteroatoms. The lowest BCUT2D eigenvalue weighted by Crippen LogP contribution is -2.43. The third kappa shape index (κ3) is 3.25. The van der Waals surface area contributed by atoms with Crippen LogP contribution >= 0.6 is 0 Å². The first-order valence-corrected chi connectivity index (χ1v) is 7.96. The van der Waals surface area contributed by atoms with Gasteiger partial charge in [0.25, 0.3) is 0 Å². The zero-order valence-electron chi connectivity index (χ0n) is 14.0. The number of hydrogen-bond acceptors (Lipinski definition) is 4. The third-order valence-corrected chi connectivity index (χ3v) is 4.65. The van der Waals surface area contributed by atoms with E-state index >= 15 is 0 Å². The van der Waals surface area contributed by atoms with Crippen molar-refractivity contribution in [2.75, 3.05) is 20.6 Å². The first kappa shape index (κ1) is 15.3. The van der Waals surface area contributed by atoms with E-state index < -0.39 is 0 Å². The van der Waals surface area contributed by atoms with Crippen LogP contribution in [0.5, 0.6) is 0 Å². The van der Waals surface area contributed by atoms with E-state index in [9.17, 15) is 0 Å². The van der Waals surface area contributed by atoms with Crippen LogP contribution in [0.1, 0.15) is 23.5 Å². The van der Waals surface area contributed by atoms with Gasteiger partial charge >= 0.3 is 0 Å². The van der Waals surface area contributed by atoms with Crippen LogP contribution in [-0.4, -0.2) is 52.3 Å². The number of furan rings is 1. The van der Waals surface area contributed by atoms with E-state index in [4.69, 9.17) is 4.42 Å². The first-order valence-electron chi connectivity index (χ1n) is 7.96. The average molecular weight is 302 g/mol. The van der Waals surface area contributed by atoms with Crippen molar-refractivity contribution in [1.82, 2.24) is 19.6 Å². The number of likely N-dealkylation sites (N-methyl/N-ethyl adjacent to an activating group) is 1. The molecular weight excluding hydrogens is 276 g/mol. The lowest BCUT2D eigenvalue weighted by molar-refractivity contribution is 0.168. The third-order valence-electron chi connectivity index (χ3n) is 4.65. The molecule has 2 aromatic rings. The summed E-state index contributed by atoms with van der Waals surface area (Å²) in [6.45, 7) is 4.01. The molecule has 0 N–H and O–H groups in total. The Morgan fingerprint density at radius 1 is 1.36 bits per heavy atom. The molecule has 2 aromatic heterocycles. The van der Waals surface area contributed by atoms with Crippen LogP contribution in [0.15, 0.2) is 28.9 Å². The molecule has 1 fully saturated rings. The van der Waals surface area contributed by atoms with Gasteiger partial charge in [-0.15, -0.1) is 0 Å². The van der Waals surface area contributed by atoms with Crippen LogP contribution in [0.3, 0.4) is 0 Å². The zero-order chi connectivity index (χ0) is 15.7. The van der Waals surface area contributed by atoms with E-state index in [2.05, 4.69) is 41.3 Å². The van der Waals surface area contributed by atoms with Crippen LogP contribution in [0.4, 0.5) is 0 Å². The van der Waals surface area contributed by atoms with E-state index in [1.54, 1.807) is 0 Å². The predicted molar refractivity (Wildman–Crippen MR) is 86.6 cm³/mol. The molecular formula is C17H26N4O. The molecule has 0 radical (unpaired) electrons. The quantitative estimate of drug-likeness (QED) is 0.847.